The molecule has 0 radical (unpaired) electrons. The molecule has 3 aromatic heterocycles. The second-order valence-corrected chi connectivity index (χ2v) is 8.43. The molecule has 1 aromatic carbocycles. The summed E-state index contributed by atoms with van der Waals surface area (Å²) >= 11 is 1.83. The van der Waals surface area contributed by atoms with E-state index in [4.69, 9.17) is 5.73 Å². The topological polar surface area (TPSA) is 66.7 Å². The molecule has 28 heavy (non-hydrogen) atoms. The van der Waals surface area contributed by atoms with E-state index in [9.17, 15) is 0 Å². The van der Waals surface area contributed by atoms with Gasteiger partial charge in [0.2, 0.25) is 0 Å². The van der Waals surface area contributed by atoms with Crippen LogP contribution >= 0.6 is 11.3 Å². The normalized spacial score (nSPS) is 13.7. The number of nitrogens with two attached hydrogens (primary N) is 1. The van der Waals surface area contributed by atoms with Crippen LogP contribution in [0.5, 0.6) is 0 Å². The minimum absolute atomic E-state index is 0.250. The lowest BCUT2D eigenvalue weighted by Crippen LogP contribution is -2.39. The Morgan fingerprint density at radius 2 is 2.07 bits per heavy atom. The van der Waals surface area contributed by atoms with Gasteiger partial charge in [-0.15, -0.1) is 11.3 Å². The average Bonchev–Trinajstić information content (AvgIpc) is 3.36. The SMILES string of the molecule is Cc1cccc(CC(CN)NC(C)c2ccc(-c3ccnc4[nH]ccc34)s2)c1. The molecule has 0 saturated heterocycles. The number of benzene rings is 1. The third-order valence-electron chi connectivity index (χ3n) is 5.11. The molecular weight excluding hydrogens is 364 g/mol. The maximum Gasteiger partial charge on any atom is 0.137 e. The maximum atomic E-state index is 6.06. The Hall–Kier alpha value is -2.47. The van der Waals surface area contributed by atoms with Crippen molar-refractivity contribution in [1.29, 1.82) is 0 Å². The second-order valence-electron chi connectivity index (χ2n) is 7.31. The van der Waals surface area contributed by atoms with Crippen molar-refractivity contribution in [3.8, 4) is 10.4 Å². The zero-order chi connectivity index (χ0) is 19.5. The molecule has 0 amide bonds. The van der Waals surface area contributed by atoms with Crippen LogP contribution in [0.4, 0.5) is 0 Å². The van der Waals surface area contributed by atoms with Gasteiger partial charge in [-0.1, -0.05) is 29.8 Å². The van der Waals surface area contributed by atoms with E-state index in [2.05, 4.69) is 77.7 Å². The predicted octanol–water partition coefficient (Wildman–Crippen LogP) is 4.82. The summed E-state index contributed by atoms with van der Waals surface area (Å²) in [6.45, 7) is 4.96. The molecule has 4 aromatic rings. The molecule has 0 bridgehead atoms. The van der Waals surface area contributed by atoms with Gasteiger partial charge in [0.15, 0.2) is 0 Å². The van der Waals surface area contributed by atoms with Crippen molar-refractivity contribution in [3.63, 3.8) is 0 Å². The Morgan fingerprint density at radius 3 is 2.89 bits per heavy atom. The van der Waals surface area contributed by atoms with Crippen molar-refractivity contribution in [2.45, 2.75) is 32.4 Å². The molecule has 0 fully saturated rings. The molecule has 0 aliphatic heterocycles. The first-order chi connectivity index (χ1) is 13.6. The number of thiophene rings is 1. The number of aromatic nitrogens is 2. The Kier molecular flexibility index (Phi) is 5.57. The molecule has 5 heteroatoms. The number of aryl methyl sites for hydroxylation is 1. The van der Waals surface area contributed by atoms with Crippen LogP contribution < -0.4 is 11.1 Å². The molecule has 0 aliphatic carbocycles. The lowest BCUT2D eigenvalue weighted by molar-refractivity contribution is 0.460. The van der Waals surface area contributed by atoms with Crippen LogP contribution in [-0.4, -0.2) is 22.6 Å². The van der Waals surface area contributed by atoms with Gasteiger partial charge in [-0.3, -0.25) is 0 Å². The van der Waals surface area contributed by atoms with E-state index in [0.29, 0.717) is 6.54 Å². The Balaban J connectivity index is 1.49. The first-order valence-corrected chi connectivity index (χ1v) is 10.5. The van der Waals surface area contributed by atoms with Crippen molar-refractivity contribution in [2.24, 2.45) is 5.73 Å². The van der Waals surface area contributed by atoms with Gasteiger partial charge in [-0.2, -0.15) is 0 Å². The Bertz CT molecular complexity index is 1070. The summed E-state index contributed by atoms with van der Waals surface area (Å²) < 4.78 is 0. The summed E-state index contributed by atoms with van der Waals surface area (Å²) in [5.41, 5.74) is 10.8. The van der Waals surface area contributed by atoms with Crippen LogP contribution in [0, 0.1) is 6.92 Å². The van der Waals surface area contributed by atoms with E-state index < -0.39 is 0 Å². The highest BCUT2D eigenvalue weighted by molar-refractivity contribution is 7.15. The molecule has 4 nitrogen and oxygen atoms in total. The number of hydrogen-bond donors (Lipinski definition) is 3. The van der Waals surface area contributed by atoms with E-state index >= 15 is 0 Å². The minimum atomic E-state index is 0.250. The van der Waals surface area contributed by atoms with E-state index in [1.807, 2.05) is 23.7 Å². The molecule has 0 aliphatic rings. The molecule has 144 valence electrons. The fourth-order valence-electron chi connectivity index (χ4n) is 3.68. The second kappa shape index (κ2) is 8.27. The van der Waals surface area contributed by atoms with Gasteiger partial charge in [0, 0.05) is 51.7 Å². The number of pyridine rings is 1. The summed E-state index contributed by atoms with van der Waals surface area (Å²) in [6, 6.07) is 17.8. The zero-order valence-electron chi connectivity index (χ0n) is 16.3. The van der Waals surface area contributed by atoms with E-state index in [1.165, 1.54) is 26.4 Å². The number of aromatic amines is 1. The van der Waals surface area contributed by atoms with Crippen molar-refractivity contribution in [3.05, 3.63) is 76.9 Å². The standard InChI is InChI=1S/C23H26N4S/c1-15-4-3-5-17(12-15)13-18(14-24)27-16(2)21-6-7-22(28-21)19-8-10-25-23-20(19)9-11-26-23/h3-12,16,18,27H,13-14,24H2,1-2H3,(H,25,26). The van der Waals surface area contributed by atoms with Crippen LogP contribution in [0.15, 0.2) is 60.9 Å². The third-order valence-corrected chi connectivity index (χ3v) is 6.42. The van der Waals surface area contributed by atoms with Gasteiger partial charge in [-0.25, -0.2) is 4.98 Å². The van der Waals surface area contributed by atoms with Gasteiger partial charge in [0.25, 0.3) is 0 Å². The van der Waals surface area contributed by atoms with Gasteiger partial charge in [-0.05, 0) is 50.1 Å². The van der Waals surface area contributed by atoms with Gasteiger partial charge in [0.1, 0.15) is 5.65 Å². The number of nitrogens with zero attached hydrogens (tertiary/aromatic N) is 1. The molecule has 4 N–H and O–H groups in total. The molecular formula is C23H26N4S. The van der Waals surface area contributed by atoms with Crippen LogP contribution in [0.1, 0.15) is 29.0 Å². The first kappa shape index (κ1) is 18.9. The van der Waals surface area contributed by atoms with Crippen molar-refractivity contribution < 1.29 is 0 Å². The van der Waals surface area contributed by atoms with Crippen LogP contribution in [-0.2, 0) is 6.42 Å². The van der Waals surface area contributed by atoms with Crippen molar-refractivity contribution >= 4 is 22.4 Å². The van der Waals surface area contributed by atoms with E-state index in [1.54, 1.807) is 0 Å². The number of hydrogen-bond acceptors (Lipinski definition) is 4. The van der Waals surface area contributed by atoms with Gasteiger partial charge in [0.05, 0.1) is 0 Å². The molecule has 2 unspecified atom stereocenters. The zero-order valence-corrected chi connectivity index (χ0v) is 17.1. The number of fused-ring (bicyclic) bond motifs is 1. The monoisotopic (exact) mass is 390 g/mol. The largest absolute Gasteiger partial charge is 0.346 e. The highest BCUT2D eigenvalue weighted by atomic mass is 32.1. The van der Waals surface area contributed by atoms with Gasteiger partial charge >= 0.3 is 0 Å². The van der Waals surface area contributed by atoms with Crippen LogP contribution in [0.3, 0.4) is 0 Å². The summed E-state index contributed by atoms with van der Waals surface area (Å²) in [5, 5.41) is 4.88. The molecule has 4 rings (SSSR count). The van der Waals surface area contributed by atoms with Crippen molar-refractivity contribution in [2.75, 3.05) is 6.54 Å². The Morgan fingerprint density at radius 1 is 1.18 bits per heavy atom. The fourth-order valence-corrected chi connectivity index (χ4v) is 4.73. The summed E-state index contributed by atoms with van der Waals surface area (Å²) in [7, 11) is 0. The third kappa shape index (κ3) is 4.02. The summed E-state index contributed by atoms with van der Waals surface area (Å²) in [4.78, 5) is 10.2. The quantitative estimate of drug-likeness (QED) is 0.424. The smallest absolute Gasteiger partial charge is 0.137 e. The van der Waals surface area contributed by atoms with E-state index in [-0.39, 0.29) is 12.1 Å². The fraction of sp³-hybridized carbons (Fsp3) is 0.261. The highest BCUT2D eigenvalue weighted by Crippen LogP contribution is 2.35. The molecule has 0 spiro atoms. The number of H-pyrrole nitrogens is 1. The first-order valence-electron chi connectivity index (χ1n) is 9.68. The van der Waals surface area contributed by atoms with Crippen molar-refractivity contribution in [1.82, 2.24) is 15.3 Å². The lowest BCUT2D eigenvalue weighted by Gasteiger charge is -2.22. The number of rotatable bonds is 7. The predicted molar refractivity (Wildman–Crippen MR) is 119 cm³/mol. The lowest BCUT2D eigenvalue weighted by atomic mass is 10.0. The summed E-state index contributed by atoms with van der Waals surface area (Å²) in [5.74, 6) is 0. The minimum Gasteiger partial charge on any atom is -0.346 e. The average molecular weight is 391 g/mol. The molecule has 3 heterocycles. The van der Waals surface area contributed by atoms with E-state index in [0.717, 1.165) is 17.5 Å². The van der Waals surface area contributed by atoms with Crippen LogP contribution in [0.25, 0.3) is 21.5 Å². The Labute approximate surface area is 169 Å². The highest BCUT2D eigenvalue weighted by Gasteiger charge is 2.16. The summed E-state index contributed by atoms with van der Waals surface area (Å²) in [6.07, 6.45) is 4.74. The van der Waals surface area contributed by atoms with Crippen LogP contribution in [0.2, 0.25) is 0 Å². The molecule has 2 atom stereocenters. The molecule has 0 saturated carbocycles. The maximum absolute atomic E-state index is 6.06. The number of nitrogens with one attached hydrogen (secondary N) is 2. The van der Waals surface area contributed by atoms with Gasteiger partial charge < -0.3 is 16.0 Å².